The Morgan fingerprint density at radius 2 is 1.76 bits per heavy atom. The van der Waals surface area contributed by atoms with Gasteiger partial charge in [0.1, 0.15) is 11.3 Å². The molecule has 1 amide bonds. The number of allylic oxidation sites excluding steroid dienone is 1. The van der Waals surface area contributed by atoms with Crippen LogP contribution < -0.4 is 24.0 Å². The van der Waals surface area contributed by atoms with E-state index in [-0.39, 0.29) is 35.4 Å². The lowest BCUT2D eigenvalue weighted by molar-refractivity contribution is -0.386. The van der Waals surface area contributed by atoms with E-state index in [0.717, 1.165) is 99.8 Å². The predicted molar refractivity (Wildman–Crippen MR) is 260 cm³/mol. The van der Waals surface area contributed by atoms with Gasteiger partial charge in [-0.15, -0.1) is 0 Å². The molecule has 4 heterocycles. The summed E-state index contributed by atoms with van der Waals surface area (Å²) in [5, 5.41) is 13.8. The first-order valence-electron chi connectivity index (χ1n) is 23.2. The molecule has 0 atom stereocenters. The number of amides is 1. The minimum Gasteiger partial charge on any atom is -0.487 e. The van der Waals surface area contributed by atoms with Crippen molar-refractivity contribution in [3.05, 3.63) is 111 Å². The summed E-state index contributed by atoms with van der Waals surface area (Å²) in [6.07, 6.45) is 9.27. The average molecular weight is 953 g/mol. The van der Waals surface area contributed by atoms with E-state index in [9.17, 15) is 23.3 Å². The van der Waals surface area contributed by atoms with Crippen LogP contribution in [-0.4, -0.2) is 99.8 Å². The number of aromatic amines is 1. The van der Waals surface area contributed by atoms with Crippen LogP contribution in [0.3, 0.4) is 0 Å². The zero-order chi connectivity index (χ0) is 46.9. The first-order valence-corrected chi connectivity index (χ1v) is 25.1. The first kappa shape index (κ1) is 46.4. The molecule has 2 aliphatic heterocycles. The number of anilines is 3. The number of nitrogens with zero attached hydrogens (tertiary/aromatic N) is 5. The van der Waals surface area contributed by atoms with Crippen molar-refractivity contribution in [2.45, 2.75) is 76.2 Å². The number of hydrogen-bond acceptors (Lipinski definition) is 12. The van der Waals surface area contributed by atoms with E-state index in [0.29, 0.717) is 42.5 Å². The van der Waals surface area contributed by atoms with Gasteiger partial charge in [0.2, 0.25) is 5.88 Å². The number of H-pyrrole nitrogens is 1. The van der Waals surface area contributed by atoms with Crippen molar-refractivity contribution in [2.24, 2.45) is 11.3 Å². The molecule has 1 saturated carbocycles. The molecule has 2 aliphatic carbocycles. The highest BCUT2D eigenvalue weighted by Crippen LogP contribution is 2.44. The van der Waals surface area contributed by atoms with Gasteiger partial charge in [0.15, 0.2) is 5.75 Å². The number of aromatic nitrogens is 2. The maximum atomic E-state index is 14.4. The SMILES string of the molecule is CO[C@H]1CC[C@@H](COc2ccc(S(=O)(=O)NC(=O)c3ccc(N4CCN(CC5=C(c6ccc(Cl)cc6)CC(C)(C)CC5)CC4)cc3N3CCCOc4nc5[nH]ccc5cc43)cc2[N+](=O)[O-])CC1. The van der Waals surface area contributed by atoms with Gasteiger partial charge in [-0.1, -0.05) is 43.2 Å². The number of nitro benzene ring substituents is 1. The zero-order valence-electron chi connectivity index (χ0n) is 38.3. The van der Waals surface area contributed by atoms with Crippen LogP contribution in [0.15, 0.2) is 89.5 Å². The number of rotatable bonds is 13. The molecule has 67 heavy (non-hydrogen) atoms. The van der Waals surface area contributed by atoms with Crippen LogP contribution in [0.25, 0.3) is 16.6 Å². The minimum atomic E-state index is -4.60. The second kappa shape index (κ2) is 19.5. The average Bonchev–Trinajstić information content (AvgIpc) is 3.69. The fraction of sp³-hybridized carbons (Fsp3) is 0.440. The summed E-state index contributed by atoms with van der Waals surface area (Å²) in [5.41, 5.74) is 6.61. The van der Waals surface area contributed by atoms with E-state index < -0.39 is 31.4 Å². The molecule has 5 aromatic rings. The molecule has 2 N–H and O–H groups in total. The molecular weight excluding hydrogens is 894 g/mol. The lowest BCUT2D eigenvalue weighted by Crippen LogP contribution is -2.47. The summed E-state index contributed by atoms with van der Waals surface area (Å²) in [4.78, 5) is 40.2. The normalized spacial score (nSPS) is 20.2. The van der Waals surface area contributed by atoms with Crippen molar-refractivity contribution in [1.82, 2.24) is 19.6 Å². The van der Waals surface area contributed by atoms with Gasteiger partial charge in [-0.3, -0.25) is 19.8 Å². The van der Waals surface area contributed by atoms with E-state index in [4.69, 9.17) is 30.8 Å². The first-order chi connectivity index (χ1) is 32.2. The lowest BCUT2D eigenvalue weighted by Gasteiger charge is -2.39. The molecule has 0 unspecified atom stereocenters. The third-order valence-corrected chi connectivity index (χ3v) is 15.4. The fourth-order valence-electron chi connectivity index (χ4n) is 9.95. The molecule has 2 fully saturated rings. The third kappa shape index (κ3) is 10.4. The Balaban J connectivity index is 0.973. The molecule has 1 saturated heterocycles. The van der Waals surface area contributed by atoms with Gasteiger partial charge < -0.3 is 29.0 Å². The molecule has 354 valence electrons. The smallest absolute Gasteiger partial charge is 0.312 e. The maximum Gasteiger partial charge on any atom is 0.312 e. The molecule has 4 aliphatic rings. The van der Waals surface area contributed by atoms with Gasteiger partial charge in [0, 0.05) is 74.7 Å². The van der Waals surface area contributed by atoms with Gasteiger partial charge >= 0.3 is 5.69 Å². The van der Waals surface area contributed by atoms with Gasteiger partial charge in [-0.2, -0.15) is 4.98 Å². The molecule has 9 rings (SSSR count). The minimum absolute atomic E-state index is 0.0344. The molecule has 17 heteroatoms. The summed E-state index contributed by atoms with van der Waals surface area (Å²) in [6.45, 7) is 9.83. The van der Waals surface area contributed by atoms with Gasteiger partial charge in [0.05, 0.1) is 40.4 Å². The van der Waals surface area contributed by atoms with Crippen molar-refractivity contribution < 1.29 is 32.3 Å². The van der Waals surface area contributed by atoms with Crippen molar-refractivity contribution in [2.75, 3.05) is 69.4 Å². The van der Waals surface area contributed by atoms with E-state index in [2.05, 4.69) is 45.5 Å². The highest BCUT2D eigenvalue weighted by molar-refractivity contribution is 7.90. The van der Waals surface area contributed by atoms with Crippen molar-refractivity contribution in [3.63, 3.8) is 0 Å². The van der Waals surface area contributed by atoms with Crippen LogP contribution in [0.5, 0.6) is 11.6 Å². The molecule has 0 radical (unpaired) electrons. The Bertz CT molecular complexity index is 2780. The summed E-state index contributed by atoms with van der Waals surface area (Å²) >= 11 is 6.28. The standard InChI is InChI=1S/C50H58ClN7O8S/c1-50(2)19-17-36(42(30-50)34-7-9-37(51)10-8-34)31-55-22-24-56(25-23-55)38-11-15-41(43(28-38)57-21-4-26-65-49-45(57)27-35-18-20-52-47(35)53-49)48(59)54-67(62,63)40-14-16-46(44(29-40)58(60)61)66-32-33-5-12-39(64-3)13-6-33/h7-11,14-16,18,20,27-29,33,39H,4-6,12-13,17,19,21-26,30-32H2,1-3H3,(H,52,53)(H,54,59)/t33-,39+. The summed E-state index contributed by atoms with van der Waals surface area (Å²) < 4.78 is 47.7. The quantitative estimate of drug-likeness (QED) is 0.0847. The van der Waals surface area contributed by atoms with Crippen molar-refractivity contribution in [1.29, 1.82) is 0 Å². The van der Waals surface area contributed by atoms with Crippen molar-refractivity contribution in [3.8, 4) is 11.6 Å². The Morgan fingerprint density at radius 1 is 0.985 bits per heavy atom. The number of hydrogen-bond donors (Lipinski definition) is 2. The Hall–Kier alpha value is -5.68. The van der Waals surface area contributed by atoms with E-state index in [1.165, 1.54) is 28.8 Å². The molecular formula is C50H58ClN7O8S. The number of carbonyl (C=O) groups excluding carboxylic acids is 1. The topological polar surface area (TPSA) is 172 Å². The number of piperazine rings is 1. The Morgan fingerprint density at radius 3 is 2.51 bits per heavy atom. The van der Waals surface area contributed by atoms with Crippen molar-refractivity contribution >= 4 is 66.9 Å². The highest BCUT2D eigenvalue weighted by Gasteiger charge is 2.32. The second-order valence-corrected chi connectivity index (χ2v) is 21.1. The number of nitro groups is 1. The Kier molecular flexibility index (Phi) is 13.5. The number of sulfonamides is 1. The van der Waals surface area contributed by atoms with E-state index in [1.54, 1.807) is 19.4 Å². The number of pyridine rings is 1. The van der Waals surface area contributed by atoms with Gasteiger partial charge in [-0.05, 0) is 128 Å². The molecule has 2 aromatic heterocycles. The number of carbonyl (C=O) groups is 1. The largest absolute Gasteiger partial charge is 0.487 e. The van der Waals surface area contributed by atoms with Gasteiger partial charge in [-0.25, -0.2) is 13.1 Å². The number of methoxy groups -OCH3 is 1. The summed E-state index contributed by atoms with van der Waals surface area (Å²) in [7, 11) is -2.91. The predicted octanol–water partition coefficient (Wildman–Crippen LogP) is 9.53. The van der Waals surface area contributed by atoms with Crippen LogP contribution in [0.1, 0.15) is 81.1 Å². The number of benzene rings is 3. The van der Waals surface area contributed by atoms with Crippen LogP contribution in [-0.2, 0) is 14.8 Å². The zero-order valence-corrected chi connectivity index (χ0v) is 39.8. The molecule has 15 nitrogen and oxygen atoms in total. The number of fused-ring (bicyclic) bond motifs is 2. The maximum absolute atomic E-state index is 14.4. The van der Waals surface area contributed by atoms with Crippen LogP contribution in [0.4, 0.5) is 22.7 Å². The number of ether oxygens (including phenoxy) is 3. The molecule has 0 spiro atoms. The van der Waals surface area contributed by atoms with Gasteiger partial charge in [0.25, 0.3) is 15.9 Å². The number of nitrogens with one attached hydrogen (secondary N) is 2. The summed E-state index contributed by atoms with van der Waals surface area (Å²) in [5.74, 6) is -0.337. The van der Waals surface area contributed by atoms with E-state index >= 15 is 0 Å². The van der Waals surface area contributed by atoms with Crippen LogP contribution in [0, 0.1) is 21.4 Å². The second-order valence-electron chi connectivity index (χ2n) is 19.0. The van der Waals surface area contributed by atoms with Crippen LogP contribution in [0.2, 0.25) is 5.02 Å². The van der Waals surface area contributed by atoms with Crippen LogP contribution >= 0.6 is 11.6 Å². The fourth-order valence-corrected chi connectivity index (χ4v) is 11.1. The third-order valence-electron chi connectivity index (χ3n) is 13.8. The number of halogens is 1. The lowest BCUT2D eigenvalue weighted by atomic mass is 9.72. The highest BCUT2D eigenvalue weighted by atomic mass is 35.5. The monoisotopic (exact) mass is 951 g/mol. The Labute approximate surface area is 396 Å². The summed E-state index contributed by atoms with van der Waals surface area (Å²) in [6, 6.07) is 21.0. The molecule has 0 bridgehead atoms. The molecule has 3 aromatic carbocycles. The van der Waals surface area contributed by atoms with E-state index in [1.807, 2.05) is 41.3 Å².